The minimum atomic E-state index is -4.43. The smallest absolute Gasteiger partial charge is 0.330 e. The first-order valence-corrected chi connectivity index (χ1v) is 7.57. The SMILES string of the molecule is CC(CN)CN1CCCN(S(=O)(=O)C(F)F)CC1. The average Bonchev–Trinajstić information content (AvgIpc) is 2.54. The molecule has 1 fully saturated rings. The largest absolute Gasteiger partial charge is 0.350 e. The zero-order valence-electron chi connectivity index (χ0n) is 10.6. The fourth-order valence-corrected chi connectivity index (χ4v) is 2.96. The van der Waals surface area contributed by atoms with Crippen LogP contribution < -0.4 is 5.73 Å². The molecule has 2 N–H and O–H groups in total. The monoisotopic (exact) mass is 285 g/mol. The lowest BCUT2D eigenvalue weighted by atomic mass is 10.1. The molecule has 0 amide bonds. The van der Waals surface area contributed by atoms with Crippen molar-refractivity contribution >= 4 is 10.0 Å². The molecule has 0 aliphatic carbocycles. The first-order chi connectivity index (χ1) is 8.37. The van der Waals surface area contributed by atoms with E-state index in [1.807, 2.05) is 6.92 Å². The second-order valence-electron chi connectivity index (χ2n) is 4.70. The Morgan fingerprint density at radius 1 is 1.22 bits per heavy atom. The number of rotatable bonds is 5. The molecule has 0 saturated carbocycles. The summed E-state index contributed by atoms with van der Waals surface area (Å²) >= 11 is 0. The van der Waals surface area contributed by atoms with Crippen LogP contribution in [0.25, 0.3) is 0 Å². The van der Waals surface area contributed by atoms with Gasteiger partial charge < -0.3 is 10.6 Å². The molecule has 0 spiro atoms. The highest BCUT2D eigenvalue weighted by molar-refractivity contribution is 7.89. The number of alkyl halides is 2. The summed E-state index contributed by atoms with van der Waals surface area (Å²) in [6, 6.07) is 0. The number of nitrogens with zero attached hydrogens (tertiary/aromatic N) is 2. The van der Waals surface area contributed by atoms with E-state index in [4.69, 9.17) is 5.73 Å². The average molecular weight is 285 g/mol. The molecule has 8 heteroatoms. The number of hydrogen-bond donors (Lipinski definition) is 1. The summed E-state index contributed by atoms with van der Waals surface area (Å²) in [5, 5.41) is 0. The summed E-state index contributed by atoms with van der Waals surface area (Å²) in [5.74, 6) is -3.00. The van der Waals surface area contributed by atoms with Crippen LogP contribution in [0.1, 0.15) is 13.3 Å². The van der Waals surface area contributed by atoms with Gasteiger partial charge in [0.05, 0.1) is 0 Å². The van der Waals surface area contributed by atoms with E-state index in [0.29, 0.717) is 25.4 Å². The normalized spacial score (nSPS) is 22.1. The first kappa shape index (κ1) is 15.7. The molecule has 0 aromatic rings. The van der Waals surface area contributed by atoms with Gasteiger partial charge in [-0.1, -0.05) is 6.92 Å². The molecule has 1 heterocycles. The molecular weight excluding hydrogens is 264 g/mol. The summed E-state index contributed by atoms with van der Waals surface area (Å²) < 4.78 is 48.5. The van der Waals surface area contributed by atoms with E-state index in [2.05, 4.69) is 4.90 Å². The summed E-state index contributed by atoms with van der Waals surface area (Å²) in [6.07, 6.45) is 0.573. The predicted molar refractivity (Wildman–Crippen MR) is 65.8 cm³/mol. The highest BCUT2D eigenvalue weighted by Crippen LogP contribution is 2.15. The molecule has 1 rings (SSSR count). The van der Waals surface area contributed by atoms with Crippen LogP contribution in [0.15, 0.2) is 0 Å². The Labute approximate surface area is 107 Å². The van der Waals surface area contributed by atoms with Gasteiger partial charge in [0, 0.05) is 26.2 Å². The maximum Gasteiger partial charge on any atom is 0.350 e. The molecule has 108 valence electrons. The lowest BCUT2D eigenvalue weighted by molar-refractivity contribution is 0.217. The van der Waals surface area contributed by atoms with E-state index in [0.717, 1.165) is 17.4 Å². The van der Waals surface area contributed by atoms with Gasteiger partial charge in [0.2, 0.25) is 0 Å². The zero-order chi connectivity index (χ0) is 13.8. The Morgan fingerprint density at radius 3 is 2.44 bits per heavy atom. The summed E-state index contributed by atoms with van der Waals surface area (Å²) in [6.45, 7) is 4.85. The predicted octanol–water partition coefficient (Wildman–Crippen LogP) is 0.141. The van der Waals surface area contributed by atoms with Gasteiger partial charge in [-0.05, 0) is 25.4 Å². The van der Waals surface area contributed by atoms with Crippen LogP contribution in [0.3, 0.4) is 0 Å². The molecule has 0 radical (unpaired) electrons. The molecule has 0 bridgehead atoms. The summed E-state index contributed by atoms with van der Waals surface area (Å²) in [4.78, 5) is 2.08. The molecule has 0 aromatic carbocycles. The van der Waals surface area contributed by atoms with Gasteiger partial charge in [-0.25, -0.2) is 8.42 Å². The molecule has 5 nitrogen and oxygen atoms in total. The Bertz CT molecular complexity index is 351. The van der Waals surface area contributed by atoms with Gasteiger partial charge in [0.1, 0.15) is 0 Å². The molecule has 18 heavy (non-hydrogen) atoms. The lowest BCUT2D eigenvalue weighted by Crippen LogP contribution is -2.39. The van der Waals surface area contributed by atoms with Crippen molar-refractivity contribution < 1.29 is 17.2 Å². The van der Waals surface area contributed by atoms with Crippen molar-refractivity contribution in [1.82, 2.24) is 9.21 Å². The van der Waals surface area contributed by atoms with E-state index in [-0.39, 0.29) is 13.1 Å². The van der Waals surface area contributed by atoms with Crippen LogP contribution in [0.5, 0.6) is 0 Å². The molecule has 1 aliphatic rings. The second-order valence-corrected chi connectivity index (χ2v) is 6.60. The summed E-state index contributed by atoms with van der Waals surface area (Å²) in [7, 11) is -4.43. The number of sulfonamides is 1. The molecular formula is C10H21F2N3O2S. The van der Waals surface area contributed by atoms with Crippen molar-refractivity contribution in [2.45, 2.75) is 19.1 Å². The van der Waals surface area contributed by atoms with Crippen LogP contribution >= 0.6 is 0 Å². The first-order valence-electron chi connectivity index (χ1n) is 6.07. The second kappa shape index (κ2) is 6.74. The van der Waals surface area contributed by atoms with Gasteiger partial charge in [-0.2, -0.15) is 13.1 Å². The van der Waals surface area contributed by atoms with Gasteiger partial charge in [-0.15, -0.1) is 0 Å². The molecule has 1 atom stereocenters. The molecule has 1 saturated heterocycles. The highest BCUT2D eigenvalue weighted by Gasteiger charge is 2.33. The van der Waals surface area contributed by atoms with Crippen molar-refractivity contribution in [3.63, 3.8) is 0 Å². The maximum atomic E-state index is 12.4. The van der Waals surface area contributed by atoms with E-state index in [9.17, 15) is 17.2 Å². The van der Waals surface area contributed by atoms with Crippen molar-refractivity contribution in [2.24, 2.45) is 11.7 Å². The fraction of sp³-hybridized carbons (Fsp3) is 1.00. The molecule has 0 aromatic heterocycles. The molecule has 1 aliphatic heterocycles. The van der Waals surface area contributed by atoms with Gasteiger partial charge in [-0.3, -0.25) is 0 Å². The number of halogens is 2. The van der Waals surface area contributed by atoms with E-state index in [1.54, 1.807) is 0 Å². The number of hydrogen-bond acceptors (Lipinski definition) is 4. The quantitative estimate of drug-likeness (QED) is 0.780. The Kier molecular flexibility index (Phi) is 5.90. The Balaban J connectivity index is 2.56. The fourth-order valence-electron chi connectivity index (χ4n) is 2.01. The van der Waals surface area contributed by atoms with Crippen LogP contribution in [0.2, 0.25) is 0 Å². The maximum absolute atomic E-state index is 12.4. The third-order valence-corrected chi connectivity index (χ3v) is 4.64. The van der Waals surface area contributed by atoms with Crippen LogP contribution in [-0.4, -0.2) is 62.6 Å². The minimum absolute atomic E-state index is 0.129. The third kappa shape index (κ3) is 4.11. The van der Waals surface area contributed by atoms with Crippen molar-refractivity contribution in [3.8, 4) is 0 Å². The van der Waals surface area contributed by atoms with Crippen LogP contribution in [0, 0.1) is 5.92 Å². The van der Waals surface area contributed by atoms with Crippen molar-refractivity contribution in [2.75, 3.05) is 39.3 Å². The Hall–Kier alpha value is -0.310. The highest BCUT2D eigenvalue weighted by atomic mass is 32.2. The van der Waals surface area contributed by atoms with E-state index in [1.165, 1.54) is 0 Å². The lowest BCUT2D eigenvalue weighted by Gasteiger charge is -2.23. The molecule has 1 unspecified atom stereocenters. The van der Waals surface area contributed by atoms with Gasteiger partial charge in [0.15, 0.2) is 0 Å². The third-order valence-electron chi connectivity index (χ3n) is 3.10. The standard InChI is InChI=1S/C10H21F2N3O2S/c1-9(7-13)8-14-3-2-4-15(6-5-14)18(16,17)10(11)12/h9-10H,2-8,13H2,1H3. The Morgan fingerprint density at radius 2 is 1.89 bits per heavy atom. The minimum Gasteiger partial charge on any atom is -0.330 e. The van der Waals surface area contributed by atoms with Gasteiger partial charge >= 0.3 is 5.76 Å². The van der Waals surface area contributed by atoms with Gasteiger partial charge in [0.25, 0.3) is 10.0 Å². The summed E-state index contributed by atoms with van der Waals surface area (Å²) in [5.41, 5.74) is 5.53. The number of nitrogens with two attached hydrogens (primary N) is 1. The zero-order valence-corrected chi connectivity index (χ0v) is 11.4. The van der Waals surface area contributed by atoms with Crippen LogP contribution in [-0.2, 0) is 10.0 Å². The van der Waals surface area contributed by atoms with Crippen LogP contribution in [0.4, 0.5) is 8.78 Å². The van der Waals surface area contributed by atoms with E-state index < -0.39 is 15.8 Å². The van der Waals surface area contributed by atoms with Crippen molar-refractivity contribution in [1.29, 1.82) is 0 Å². The topological polar surface area (TPSA) is 66.6 Å². The van der Waals surface area contributed by atoms with Crippen molar-refractivity contribution in [3.05, 3.63) is 0 Å². The van der Waals surface area contributed by atoms with E-state index >= 15 is 0 Å².